The monoisotopic (exact) mass is 440 g/mol. The van der Waals surface area contributed by atoms with Gasteiger partial charge in [-0.1, -0.05) is 31.3 Å². The molecule has 30 heavy (non-hydrogen) atoms. The van der Waals surface area contributed by atoms with Crippen LogP contribution in [0.2, 0.25) is 19.1 Å². The number of allylic oxidation sites excluding steroid dienone is 1. The Morgan fingerprint density at radius 1 is 0.967 bits per heavy atom. The van der Waals surface area contributed by atoms with E-state index in [0.29, 0.717) is 6.10 Å². The van der Waals surface area contributed by atoms with Crippen molar-refractivity contribution in [2.75, 3.05) is 0 Å². The zero-order chi connectivity index (χ0) is 22.3. The molecular weight excluding hydrogens is 403 g/mol. The summed E-state index contributed by atoms with van der Waals surface area (Å²) in [6, 6.07) is 0.801. The Bertz CT molecular complexity index is 572. The van der Waals surface area contributed by atoms with E-state index in [4.69, 9.17) is 23.2 Å². The van der Waals surface area contributed by atoms with Gasteiger partial charge in [0.15, 0.2) is 20.5 Å². The Morgan fingerprint density at radius 2 is 1.47 bits per heavy atom. The first kappa shape index (κ1) is 25.1. The summed E-state index contributed by atoms with van der Waals surface area (Å²) in [7, 11) is -2.67. The molecule has 0 aromatic carbocycles. The van der Waals surface area contributed by atoms with Gasteiger partial charge in [-0.25, -0.2) is 9.59 Å². The topological polar surface area (TPSA) is 80.3 Å². The summed E-state index contributed by atoms with van der Waals surface area (Å²) in [5.74, 6) is 0.501. The predicted molar refractivity (Wildman–Crippen MR) is 117 cm³/mol. The Hall–Kier alpha value is -1.16. The SMILES string of the molecule is CC(C)OC(=O)[C@@H]1OB(/C=C/C[Si](C)(C)OC2CCCCC2)O[C@H]1C(=O)OC(C)C. The van der Waals surface area contributed by atoms with E-state index in [9.17, 15) is 9.59 Å². The van der Waals surface area contributed by atoms with Crippen LogP contribution in [0.15, 0.2) is 12.1 Å². The normalized spacial score (nSPS) is 23.5. The highest BCUT2D eigenvalue weighted by molar-refractivity contribution is 6.71. The Kier molecular flexibility index (Phi) is 9.59. The van der Waals surface area contributed by atoms with Gasteiger partial charge in [-0.3, -0.25) is 0 Å². The van der Waals surface area contributed by atoms with Crippen molar-refractivity contribution < 1.29 is 32.8 Å². The maximum Gasteiger partial charge on any atom is 0.487 e. The zero-order valence-electron chi connectivity index (χ0n) is 19.2. The van der Waals surface area contributed by atoms with Crippen LogP contribution in [0.4, 0.5) is 0 Å². The molecule has 0 radical (unpaired) electrons. The first-order valence-corrected chi connectivity index (χ1v) is 14.3. The molecule has 0 aromatic rings. The number of rotatable bonds is 9. The lowest BCUT2D eigenvalue weighted by molar-refractivity contribution is -0.167. The van der Waals surface area contributed by atoms with Crippen molar-refractivity contribution in [1.82, 2.24) is 0 Å². The summed E-state index contributed by atoms with van der Waals surface area (Å²) in [6.07, 6.45) is 5.52. The molecule has 2 atom stereocenters. The second kappa shape index (κ2) is 11.5. The minimum Gasteiger partial charge on any atom is -0.461 e. The van der Waals surface area contributed by atoms with Crippen LogP contribution in [0.5, 0.6) is 0 Å². The van der Waals surface area contributed by atoms with Gasteiger partial charge in [0, 0.05) is 6.10 Å². The van der Waals surface area contributed by atoms with Crippen LogP contribution in [0.25, 0.3) is 0 Å². The van der Waals surface area contributed by atoms with Crippen molar-refractivity contribution >= 4 is 27.4 Å². The highest BCUT2D eigenvalue weighted by atomic mass is 28.4. The fourth-order valence-electron chi connectivity index (χ4n) is 3.66. The summed E-state index contributed by atoms with van der Waals surface area (Å²) in [5.41, 5.74) is 0. The molecule has 170 valence electrons. The number of carbonyl (C=O) groups excluding carboxylic acids is 2. The second-order valence-corrected chi connectivity index (χ2v) is 13.4. The van der Waals surface area contributed by atoms with Crippen molar-refractivity contribution in [1.29, 1.82) is 0 Å². The Balaban J connectivity index is 1.95. The number of ether oxygens (including phenoxy) is 2. The predicted octanol–water partition coefficient (Wildman–Crippen LogP) is 3.81. The molecule has 0 N–H and O–H groups in total. The molecule has 0 amide bonds. The van der Waals surface area contributed by atoms with E-state index in [1.165, 1.54) is 19.3 Å². The number of carbonyl (C=O) groups is 2. The highest BCUT2D eigenvalue weighted by Crippen LogP contribution is 2.26. The number of hydrogen-bond acceptors (Lipinski definition) is 7. The van der Waals surface area contributed by atoms with E-state index in [-0.39, 0.29) is 12.2 Å². The van der Waals surface area contributed by atoms with Crippen LogP contribution in [0, 0.1) is 0 Å². The van der Waals surface area contributed by atoms with Gasteiger partial charge < -0.3 is 23.2 Å². The molecule has 1 aliphatic carbocycles. The molecule has 2 aliphatic rings. The van der Waals surface area contributed by atoms with Crippen LogP contribution < -0.4 is 0 Å². The van der Waals surface area contributed by atoms with Crippen molar-refractivity contribution in [2.24, 2.45) is 0 Å². The van der Waals surface area contributed by atoms with Gasteiger partial charge >= 0.3 is 19.1 Å². The van der Waals surface area contributed by atoms with E-state index in [0.717, 1.165) is 18.9 Å². The maximum absolute atomic E-state index is 12.4. The molecule has 2 fully saturated rings. The summed E-state index contributed by atoms with van der Waals surface area (Å²) in [5, 5.41) is 0. The summed E-state index contributed by atoms with van der Waals surface area (Å²) in [4.78, 5) is 24.8. The lowest BCUT2D eigenvalue weighted by Crippen LogP contribution is -2.40. The lowest BCUT2D eigenvalue weighted by Gasteiger charge is -2.31. The van der Waals surface area contributed by atoms with Crippen molar-refractivity contribution in [3.05, 3.63) is 12.1 Å². The van der Waals surface area contributed by atoms with Gasteiger partial charge in [0.2, 0.25) is 0 Å². The van der Waals surface area contributed by atoms with Crippen molar-refractivity contribution in [2.45, 2.75) is 109 Å². The van der Waals surface area contributed by atoms with Gasteiger partial charge in [0.25, 0.3) is 0 Å². The first-order valence-electron chi connectivity index (χ1n) is 11.1. The number of esters is 2. The Labute approximate surface area is 182 Å². The molecular formula is C21H37BO7Si. The molecule has 0 aromatic heterocycles. The van der Waals surface area contributed by atoms with Crippen molar-refractivity contribution in [3.8, 4) is 0 Å². The van der Waals surface area contributed by atoms with Gasteiger partial charge in [0.1, 0.15) is 0 Å². The average molecular weight is 440 g/mol. The van der Waals surface area contributed by atoms with Crippen LogP contribution in [-0.2, 0) is 32.8 Å². The molecule has 0 unspecified atom stereocenters. The average Bonchev–Trinajstić information content (AvgIpc) is 3.05. The molecule has 1 heterocycles. The fraction of sp³-hybridized carbons (Fsp3) is 0.810. The largest absolute Gasteiger partial charge is 0.487 e. The molecule has 1 saturated carbocycles. The van der Waals surface area contributed by atoms with E-state index in [1.54, 1.807) is 33.7 Å². The summed E-state index contributed by atoms with van der Waals surface area (Å²) < 4.78 is 28.2. The molecule has 0 spiro atoms. The number of hydrogen-bond donors (Lipinski definition) is 0. The molecule has 1 saturated heterocycles. The Morgan fingerprint density at radius 3 is 1.93 bits per heavy atom. The fourth-order valence-corrected chi connectivity index (χ4v) is 5.59. The van der Waals surface area contributed by atoms with E-state index in [1.807, 2.05) is 6.08 Å². The van der Waals surface area contributed by atoms with Gasteiger partial charge in [-0.15, -0.1) is 0 Å². The van der Waals surface area contributed by atoms with E-state index < -0.39 is 39.6 Å². The minimum absolute atomic E-state index is 0.318. The second-order valence-electron chi connectivity index (χ2n) is 9.22. The highest BCUT2D eigenvalue weighted by Gasteiger charge is 2.48. The van der Waals surface area contributed by atoms with E-state index in [2.05, 4.69) is 13.1 Å². The van der Waals surface area contributed by atoms with Gasteiger partial charge in [-0.05, 0) is 59.7 Å². The molecule has 2 rings (SSSR count). The lowest BCUT2D eigenvalue weighted by atomic mass is 9.91. The van der Waals surface area contributed by atoms with Crippen LogP contribution in [0.3, 0.4) is 0 Å². The van der Waals surface area contributed by atoms with Gasteiger partial charge in [-0.2, -0.15) is 0 Å². The third kappa shape index (κ3) is 8.17. The molecule has 0 bridgehead atoms. The third-order valence-electron chi connectivity index (χ3n) is 4.95. The van der Waals surface area contributed by atoms with Crippen molar-refractivity contribution in [3.63, 3.8) is 0 Å². The zero-order valence-corrected chi connectivity index (χ0v) is 20.2. The minimum atomic E-state index is -1.87. The standard InChI is InChI=1S/C21H37BO7Si/c1-15(2)25-20(23)18-19(21(24)26-16(3)4)28-22(27-18)13-10-14-30(5,6)29-17-11-8-7-9-12-17/h10,13,15-19H,7-9,11-12,14H2,1-6H3/b13-10+/t18-,19-/m1/s1. The molecule has 7 nitrogen and oxygen atoms in total. The third-order valence-corrected chi connectivity index (χ3v) is 7.14. The molecule has 9 heteroatoms. The van der Waals surface area contributed by atoms with Crippen LogP contribution in [0.1, 0.15) is 59.8 Å². The quantitative estimate of drug-likeness (QED) is 0.398. The van der Waals surface area contributed by atoms with Crippen LogP contribution in [-0.4, -0.2) is 57.9 Å². The summed E-state index contributed by atoms with van der Waals surface area (Å²) in [6.45, 7) is 11.4. The maximum atomic E-state index is 12.4. The smallest absolute Gasteiger partial charge is 0.461 e. The van der Waals surface area contributed by atoms with Crippen LogP contribution >= 0.6 is 0 Å². The van der Waals surface area contributed by atoms with Gasteiger partial charge in [0.05, 0.1) is 12.2 Å². The first-order chi connectivity index (χ1) is 14.1. The summed E-state index contributed by atoms with van der Waals surface area (Å²) >= 11 is 0. The molecule has 1 aliphatic heterocycles. The van der Waals surface area contributed by atoms with E-state index >= 15 is 0 Å².